The lowest BCUT2D eigenvalue weighted by atomic mass is 10.2. The first-order chi connectivity index (χ1) is 13.2. The van der Waals surface area contributed by atoms with Crippen molar-refractivity contribution in [1.29, 1.82) is 0 Å². The molecule has 0 unspecified atom stereocenters. The van der Waals surface area contributed by atoms with E-state index in [2.05, 4.69) is 10.5 Å². The summed E-state index contributed by atoms with van der Waals surface area (Å²) in [6.07, 6.45) is 1.15. The van der Waals surface area contributed by atoms with Crippen LogP contribution in [-0.2, 0) is 10.0 Å². The van der Waals surface area contributed by atoms with Crippen LogP contribution in [0.1, 0.15) is 19.4 Å². The predicted octanol–water partition coefficient (Wildman–Crippen LogP) is 3.35. The third-order valence-electron chi connectivity index (χ3n) is 3.85. The number of nitro benzene ring substituents is 1. The Hall–Kier alpha value is -2.92. The first kappa shape index (κ1) is 21.4. The van der Waals surface area contributed by atoms with Crippen LogP contribution in [0.2, 0.25) is 0 Å². The van der Waals surface area contributed by atoms with E-state index in [1.54, 1.807) is 13.8 Å². The summed E-state index contributed by atoms with van der Waals surface area (Å²) in [5, 5.41) is 15.1. The number of hydrogen-bond acceptors (Lipinski definition) is 6. The van der Waals surface area contributed by atoms with Gasteiger partial charge >= 0.3 is 0 Å². The number of benzene rings is 2. The molecule has 0 amide bonds. The molecule has 0 aliphatic carbocycles. The Labute approximate surface area is 160 Å². The average Bonchev–Trinajstić information content (AvgIpc) is 2.65. The summed E-state index contributed by atoms with van der Waals surface area (Å²) in [5.41, 5.74) is 2.10. The molecular weight excluding hydrogens is 394 g/mol. The molecule has 0 bridgehead atoms. The Morgan fingerprint density at radius 2 is 1.82 bits per heavy atom. The van der Waals surface area contributed by atoms with Gasteiger partial charge in [-0.3, -0.25) is 15.5 Å². The van der Waals surface area contributed by atoms with Gasteiger partial charge in [0.15, 0.2) is 11.6 Å². The number of nitro groups is 1. The molecule has 150 valence electrons. The number of nitrogens with zero attached hydrogens (tertiary/aromatic N) is 3. The summed E-state index contributed by atoms with van der Waals surface area (Å²) in [6.45, 7) is 3.78. The van der Waals surface area contributed by atoms with E-state index in [0.717, 1.165) is 24.4 Å². The molecule has 8 nitrogen and oxygen atoms in total. The number of nitrogens with one attached hydrogen (secondary N) is 1. The lowest BCUT2D eigenvalue weighted by molar-refractivity contribution is -0.384. The minimum atomic E-state index is -3.86. The van der Waals surface area contributed by atoms with E-state index in [4.69, 9.17) is 0 Å². The highest BCUT2D eigenvalue weighted by Gasteiger charge is 2.25. The smallest absolute Gasteiger partial charge is 0.272 e. The summed E-state index contributed by atoms with van der Waals surface area (Å²) in [5.74, 6) is -2.06. The van der Waals surface area contributed by atoms with Crippen molar-refractivity contribution < 1.29 is 22.1 Å². The fraction of sp³-hybridized carbons (Fsp3) is 0.235. The largest absolute Gasteiger partial charge is 0.295 e. The van der Waals surface area contributed by atoms with Crippen LogP contribution >= 0.6 is 0 Å². The molecule has 0 saturated carbocycles. The molecule has 11 heteroatoms. The highest BCUT2D eigenvalue weighted by molar-refractivity contribution is 7.89. The molecule has 0 fully saturated rings. The van der Waals surface area contributed by atoms with Gasteiger partial charge in [0.05, 0.1) is 16.0 Å². The maximum absolute atomic E-state index is 13.2. The molecule has 0 radical (unpaired) electrons. The number of hydrazone groups is 1. The number of hydrogen-bond donors (Lipinski definition) is 1. The van der Waals surface area contributed by atoms with Crippen LogP contribution in [0.4, 0.5) is 20.2 Å². The van der Waals surface area contributed by atoms with Crippen LogP contribution in [0.3, 0.4) is 0 Å². The number of anilines is 1. The first-order valence-electron chi connectivity index (χ1n) is 8.23. The van der Waals surface area contributed by atoms with Crippen LogP contribution in [0, 0.1) is 21.7 Å². The molecule has 0 aliphatic rings. The number of rotatable bonds is 8. The average molecular weight is 412 g/mol. The van der Waals surface area contributed by atoms with Gasteiger partial charge in [0, 0.05) is 19.2 Å². The van der Waals surface area contributed by atoms with E-state index < -0.39 is 32.3 Å². The predicted molar refractivity (Wildman–Crippen MR) is 101 cm³/mol. The lowest BCUT2D eigenvalue weighted by Crippen LogP contribution is -2.30. The van der Waals surface area contributed by atoms with Crippen LogP contribution in [0.5, 0.6) is 0 Å². The normalized spacial score (nSPS) is 11.9. The quantitative estimate of drug-likeness (QED) is 0.407. The van der Waals surface area contributed by atoms with Crippen molar-refractivity contribution in [2.24, 2.45) is 5.10 Å². The van der Waals surface area contributed by atoms with Gasteiger partial charge in [0.25, 0.3) is 5.69 Å². The molecule has 2 aromatic carbocycles. The summed E-state index contributed by atoms with van der Waals surface area (Å²) < 4.78 is 52.3. The molecule has 1 N–H and O–H groups in total. The van der Waals surface area contributed by atoms with E-state index >= 15 is 0 Å². The summed E-state index contributed by atoms with van der Waals surface area (Å²) in [7, 11) is -3.86. The summed E-state index contributed by atoms with van der Waals surface area (Å²) in [6, 6.07) is 6.51. The third-order valence-corrected chi connectivity index (χ3v) is 5.90. The third kappa shape index (κ3) is 4.67. The lowest BCUT2D eigenvalue weighted by Gasteiger charge is -2.18. The maximum atomic E-state index is 13.2. The van der Waals surface area contributed by atoms with Crippen LogP contribution < -0.4 is 5.43 Å². The van der Waals surface area contributed by atoms with E-state index in [0.29, 0.717) is 0 Å². The Kier molecular flexibility index (Phi) is 6.75. The molecule has 0 aliphatic heterocycles. The molecule has 0 aromatic heterocycles. The zero-order valence-electron chi connectivity index (χ0n) is 15.1. The van der Waals surface area contributed by atoms with Crippen molar-refractivity contribution in [1.82, 2.24) is 4.31 Å². The van der Waals surface area contributed by atoms with Gasteiger partial charge in [-0.2, -0.15) is 9.41 Å². The second kappa shape index (κ2) is 8.85. The zero-order valence-corrected chi connectivity index (χ0v) is 15.9. The minimum Gasteiger partial charge on any atom is -0.272 e. The van der Waals surface area contributed by atoms with Crippen LogP contribution in [0.25, 0.3) is 0 Å². The van der Waals surface area contributed by atoms with Crippen molar-refractivity contribution in [3.63, 3.8) is 0 Å². The second-order valence-electron chi connectivity index (χ2n) is 5.57. The van der Waals surface area contributed by atoms with Crippen molar-refractivity contribution in [2.45, 2.75) is 18.7 Å². The van der Waals surface area contributed by atoms with Crippen molar-refractivity contribution in [3.8, 4) is 0 Å². The van der Waals surface area contributed by atoms with Gasteiger partial charge in [0.1, 0.15) is 5.69 Å². The Morgan fingerprint density at radius 1 is 1.14 bits per heavy atom. The van der Waals surface area contributed by atoms with E-state index in [9.17, 15) is 27.3 Å². The molecule has 0 saturated heterocycles. The van der Waals surface area contributed by atoms with Gasteiger partial charge in [-0.15, -0.1) is 0 Å². The standard InChI is InChI=1S/C17H18F2N4O4S/c1-3-22(4-2)28(26,27)13-6-8-16(17(10-13)23(24)25)21-20-11-12-5-7-14(18)15(19)9-12/h5-11,21H,3-4H2,1-2H3. The zero-order chi connectivity index (χ0) is 20.9. The molecule has 2 aromatic rings. The highest BCUT2D eigenvalue weighted by atomic mass is 32.2. The van der Waals surface area contributed by atoms with Gasteiger partial charge < -0.3 is 0 Å². The van der Waals surface area contributed by atoms with Crippen molar-refractivity contribution in [2.75, 3.05) is 18.5 Å². The van der Waals surface area contributed by atoms with E-state index in [1.807, 2.05) is 0 Å². The Balaban J connectivity index is 2.31. The van der Waals surface area contributed by atoms with Crippen molar-refractivity contribution >= 4 is 27.6 Å². The topological polar surface area (TPSA) is 105 Å². The molecule has 0 heterocycles. The molecule has 28 heavy (non-hydrogen) atoms. The fourth-order valence-electron chi connectivity index (χ4n) is 2.40. The van der Waals surface area contributed by atoms with Gasteiger partial charge in [-0.25, -0.2) is 17.2 Å². The first-order valence-corrected chi connectivity index (χ1v) is 9.67. The fourth-order valence-corrected chi connectivity index (χ4v) is 3.88. The minimum absolute atomic E-state index is 0.0534. The summed E-state index contributed by atoms with van der Waals surface area (Å²) in [4.78, 5) is 10.4. The van der Waals surface area contributed by atoms with Gasteiger partial charge in [-0.1, -0.05) is 19.9 Å². The molecule has 0 atom stereocenters. The molecular formula is C17H18F2N4O4S. The van der Waals surface area contributed by atoms with E-state index in [1.165, 1.54) is 22.5 Å². The van der Waals surface area contributed by atoms with Crippen molar-refractivity contribution in [3.05, 3.63) is 63.7 Å². The van der Waals surface area contributed by atoms with Crippen LogP contribution in [0.15, 0.2) is 46.4 Å². The Morgan fingerprint density at radius 3 is 2.39 bits per heavy atom. The maximum Gasteiger partial charge on any atom is 0.295 e. The SMILES string of the molecule is CCN(CC)S(=O)(=O)c1ccc(NN=Cc2ccc(F)c(F)c2)c([N+](=O)[O-])c1. The van der Waals surface area contributed by atoms with E-state index in [-0.39, 0.29) is 29.2 Å². The van der Waals surface area contributed by atoms with Gasteiger partial charge in [0.2, 0.25) is 10.0 Å². The number of halogens is 2. The van der Waals surface area contributed by atoms with Gasteiger partial charge in [-0.05, 0) is 29.8 Å². The monoisotopic (exact) mass is 412 g/mol. The highest BCUT2D eigenvalue weighted by Crippen LogP contribution is 2.29. The second-order valence-corrected chi connectivity index (χ2v) is 7.51. The molecule has 0 spiro atoms. The Bertz CT molecular complexity index is 1010. The van der Waals surface area contributed by atoms with Crippen LogP contribution in [-0.4, -0.2) is 37.0 Å². The number of sulfonamides is 1. The molecule has 2 rings (SSSR count). The summed E-state index contributed by atoms with van der Waals surface area (Å²) >= 11 is 0.